The molecule has 2 aliphatic heterocycles. The van der Waals surface area contributed by atoms with Gasteiger partial charge in [-0.2, -0.15) is 0 Å². The van der Waals surface area contributed by atoms with E-state index in [1.165, 1.54) is 11.8 Å². The number of ether oxygens (including phenoxy) is 1. The average Bonchev–Trinajstić information content (AvgIpc) is 3.36. The number of carboxylic acid groups (broad SMARTS) is 1. The van der Waals surface area contributed by atoms with Gasteiger partial charge in [0, 0.05) is 36.1 Å². The summed E-state index contributed by atoms with van der Waals surface area (Å²) < 4.78 is 11.1. The van der Waals surface area contributed by atoms with Gasteiger partial charge in [-0.15, -0.1) is 11.8 Å². The van der Waals surface area contributed by atoms with Crippen molar-refractivity contribution in [2.24, 2.45) is 0 Å². The van der Waals surface area contributed by atoms with Crippen LogP contribution in [0.5, 0.6) is 5.75 Å². The SMILES string of the molecule is CC1CN(CCSc2ccc3c(c2C(=O)O)OB(O)C2CC32)CCO1. The first kappa shape index (κ1) is 17.2. The van der Waals surface area contributed by atoms with Crippen molar-refractivity contribution >= 4 is 24.8 Å². The monoisotopic (exact) mass is 363 g/mol. The number of rotatable bonds is 5. The minimum atomic E-state index is -0.995. The lowest BCUT2D eigenvalue weighted by atomic mass is 9.77. The van der Waals surface area contributed by atoms with Crippen molar-refractivity contribution in [3.8, 4) is 5.75 Å². The Bertz CT molecular complexity index is 687. The molecule has 1 aromatic carbocycles. The van der Waals surface area contributed by atoms with Crippen LogP contribution in [0.2, 0.25) is 5.82 Å². The van der Waals surface area contributed by atoms with Crippen molar-refractivity contribution in [2.45, 2.75) is 36.1 Å². The molecule has 2 heterocycles. The smallest absolute Gasteiger partial charge is 0.526 e. The summed E-state index contributed by atoms with van der Waals surface area (Å²) in [6, 6.07) is 3.86. The number of carbonyl (C=O) groups is 1. The minimum Gasteiger partial charge on any atom is -0.535 e. The topological polar surface area (TPSA) is 79.2 Å². The Morgan fingerprint density at radius 2 is 2.32 bits per heavy atom. The highest BCUT2D eigenvalue weighted by molar-refractivity contribution is 7.99. The summed E-state index contributed by atoms with van der Waals surface area (Å²) in [7, 11) is -0.884. The highest BCUT2D eigenvalue weighted by Crippen LogP contribution is 2.60. The minimum absolute atomic E-state index is 0.121. The van der Waals surface area contributed by atoms with E-state index in [0.29, 0.717) is 10.6 Å². The number of morpholine rings is 1. The third-order valence-electron chi connectivity index (χ3n) is 5.20. The predicted octanol–water partition coefficient (Wildman–Crippen LogP) is 1.93. The Hall–Kier alpha value is -1.22. The number of hydrogen-bond acceptors (Lipinski definition) is 6. The van der Waals surface area contributed by atoms with Crippen molar-refractivity contribution < 1.29 is 24.3 Å². The molecule has 0 amide bonds. The van der Waals surface area contributed by atoms with E-state index >= 15 is 0 Å². The van der Waals surface area contributed by atoms with Crippen LogP contribution in [0, 0.1) is 0 Å². The van der Waals surface area contributed by atoms with Crippen LogP contribution in [0.1, 0.15) is 35.2 Å². The molecular weight excluding hydrogens is 341 g/mol. The molecule has 1 aromatic rings. The van der Waals surface area contributed by atoms with Crippen LogP contribution in [-0.2, 0) is 4.74 Å². The van der Waals surface area contributed by atoms with E-state index in [-0.39, 0.29) is 23.4 Å². The number of benzene rings is 1. The van der Waals surface area contributed by atoms with Crippen LogP contribution < -0.4 is 4.65 Å². The molecule has 3 atom stereocenters. The molecular formula is C17H22BNO5S. The van der Waals surface area contributed by atoms with Crippen molar-refractivity contribution in [1.29, 1.82) is 0 Å². The molecule has 0 bridgehead atoms. The van der Waals surface area contributed by atoms with Crippen LogP contribution in [0.15, 0.2) is 17.0 Å². The van der Waals surface area contributed by atoms with Gasteiger partial charge in [-0.3, -0.25) is 4.90 Å². The van der Waals surface area contributed by atoms with Gasteiger partial charge in [-0.1, -0.05) is 6.07 Å². The van der Waals surface area contributed by atoms with Gasteiger partial charge >= 0.3 is 13.1 Å². The summed E-state index contributed by atoms with van der Waals surface area (Å²) in [6.07, 6.45) is 1.12. The lowest BCUT2D eigenvalue weighted by Gasteiger charge is -2.31. The molecule has 4 rings (SSSR count). The summed E-state index contributed by atoms with van der Waals surface area (Å²) in [5.41, 5.74) is 1.13. The Kier molecular flexibility index (Phi) is 4.70. The first-order chi connectivity index (χ1) is 12.0. The largest absolute Gasteiger partial charge is 0.535 e. The van der Waals surface area contributed by atoms with Crippen molar-refractivity contribution in [1.82, 2.24) is 4.90 Å². The number of nitrogens with zero attached hydrogens (tertiary/aromatic N) is 1. The zero-order valence-electron chi connectivity index (χ0n) is 14.2. The fourth-order valence-corrected chi connectivity index (χ4v) is 4.85. The predicted molar refractivity (Wildman–Crippen MR) is 95.7 cm³/mol. The van der Waals surface area contributed by atoms with Crippen LogP contribution in [-0.4, -0.2) is 66.2 Å². The highest BCUT2D eigenvalue weighted by Gasteiger charge is 2.54. The fraction of sp³-hybridized carbons (Fsp3) is 0.588. The van der Waals surface area contributed by atoms with Crippen LogP contribution in [0.4, 0.5) is 0 Å². The van der Waals surface area contributed by atoms with Gasteiger partial charge in [0.2, 0.25) is 0 Å². The van der Waals surface area contributed by atoms with Crippen LogP contribution >= 0.6 is 11.8 Å². The van der Waals surface area contributed by atoms with E-state index < -0.39 is 13.1 Å². The highest BCUT2D eigenvalue weighted by atomic mass is 32.2. The maximum absolute atomic E-state index is 11.8. The Balaban J connectivity index is 1.48. The number of thioether (sulfide) groups is 1. The Labute approximate surface area is 151 Å². The van der Waals surface area contributed by atoms with E-state index in [0.717, 1.165) is 44.0 Å². The van der Waals surface area contributed by atoms with Gasteiger partial charge in [0.05, 0.1) is 12.7 Å². The number of hydrogen-bond donors (Lipinski definition) is 2. The van der Waals surface area contributed by atoms with E-state index in [9.17, 15) is 14.9 Å². The first-order valence-corrected chi connectivity index (χ1v) is 9.75. The second-order valence-electron chi connectivity index (χ2n) is 7.01. The van der Waals surface area contributed by atoms with Gasteiger partial charge in [0.1, 0.15) is 11.3 Å². The second kappa shape index (κ2) is 6.83. The third-order valence-corrected chi connectivity index (χ3v) is 6.24. The van der Waals surface area contributed by atoms with Crippen LogP contribution in [0.25, 0.3) is 0 Å². The van der Waals surface area contributed by atoms with Gasteiger partial charge in [-0.05, 0) is 30.9 Å². The fourth-order valence-electron chi connectivity index (χ4n) is 3.80. The first-order valence-electron chi connectivity index (χ1n) is 8.76. The molecule has 0 aromatic heterocycles. The summed E-state index contributed by atoms with van der Waals surface area (Å²) in [6.45, 7) is 5.54. The van der Waals surface area contributed by atoms with E-state index in [4.69, 9.17) is 9.39 Å². The normalized spacial score (nSPS) is 28.1. The lowest BCUT2D eigenvalue weighted by molar-refractivity contribution is -0.0158. The maximum atomic E-state index is 11.8. The van der Waals surface area contributed by atoms with Gasteiger partial charge < -0.3 is 19.5 Å². The number of fused-ring (bicyclic) bond motifs is 3. The van der Waals surface area contributed by atoms with E-state index in [2.05, 4.69) is 11.8 Å². The number of aromatic carboxylic acids is 1. The molecule has 1 aliphatic carbocycles. The van der Waals surface area contributed by atoms with E-state index in [1.807, 2.05) is 12.1 Å². The average molecular weight is 363 g/mol. The van der Waals surface area contributed by atoms with E-state index in [1.54, 1.807) is 0 Å². The molecule has 134 valence electrons. The molecule has 25 heavy (non-hydrogen) atoms. The molecule has 3 unspecified atom stereocenters. The molecule has 1 saturated carbocycles. The molecule has 6 nitrogen and oxygen atoms in total. The van der Waals surface area contributed by atoms with Crippen LogP contribution in [0.3, 0.4) is 0 Å². The molecule has 1 saturated heterocycles. The summed E-state index contributed by atoms with van der Waals surface area (Å²) in [4.78, 5) is 14.9. The molecule has 2 fully saturated rings. The van der Waals surface area contributed by atoms with Crippen molar-refractivity contribution in [3.63, 3.8) is 0 Å². The molecule has 0 spiro atoms. The Morgan fingerprint density at radius 1 is 1.48 bits per heavy atom. The third kappa shape index (κ3) is 3.40. The zero-order chi connectivity index (χ0) is 17.6. The Morgan fingerprint density at radius 3 is 3.08 bits per heavy atom. The lowest BCUT2D eigenvalue weighted by Crippen LogP contribution is -2.42. The number of carboxylic acids is 1. The molecule has 8 heteroatoms. The standard InChI is InChI=1S/C17H22BNO5S/c1-10-9-19(4-6-23-10)5-7-25-14-3-2-11-12-8-13(12)18(22)24-16(11)15(14)17(20)21/h2-3,10,12-13,22H,4-9H2,1H3,(H,20,21). The van der Waals surface area contributed by atoms with Crippen molar-refractivity contribution in [2.75, 3.05) is 32.0 Å². The quantitative estimate of drug-likeness (QED) is 0.611. The van der Waals surface area contributed by atoms with Crippen molar-refractivity contribution in [3.05, 3.63) is 23.3 Å². The maximum Gasteiger partial charge on any atom is 0.526 e. The van der Waals surface area contributed by atoms with Gasteiger partial charge in [0.15, 0.2) is 0 Å². The second-order valence-corrected chi connectivity index (χ2v) is 8.14. The molecule has 2 N–H and O–H groups in total. The molecule has 0 radical (unpaired) electrons. The molecule has 3 aliphatic rings. The zero-order valence-corrected chi connectivity index (χ0v) is 15.0. The summed E-state index contributed by atoms with van der Waals surface area (Å²) in [5, 5.41) is 19.7. The summed E-state index contributed by atoms with van der Waals surface area (Å²) >= 11 is 1.53. The van der Waals surface area contributed by atoms with Gasteiger partial charge in [0.25, 0.3) is 0 Å². The van der Waals surface area contributed by atoms with Gasteiger partial charge in [-0.25, -0.2) is 4.79 Å². The summed E-state index contributed by atoms with van der Waals surface area (Å²) in [5.74, 6) is 0.538.